The molecule has 0 aliphatic carbocycles. The van der Waals surface area contributed by atoms with Gasteiger partial charge in [-0.25, -0.2) is 4.39 Å². The van der Waals surface area contributed by atoms with Crippen molar-refractivity contribution in [2.45, 2.75) is 31.3 Å². The third-order valence-corrected chi connectivity index (χ3v) is 6.14. The number of nitrogens with two attached hydrogens (primary N) is 1. The average molecular weight is 421 g/mol. The zero-order chi connectivity index (χ0) is 21.1. The molecule has 30 heavy (non-hydrogen) atoms. The monoisotopic (exact) mass is 421 g/mol. The minimum Gasteiger partial charge on any atom is -0.380 e. The summed E-state index contributed by atoms with van der Waals surface area (Å²) in [4.78, 5) is 30.6. The van der Waals surface area contributed by atoms with E-state index in [4.69, 9.17) is 10.5 Å². The van der Waals surface area contributed by atoms with Gasteiger partial charge in [0, 0.05) is 37.8 Å². The number of pyridine rings is 1. The molecule has 10 nitrogen and oxygen atoms in total. The molecule has 1 amide bonds. The largest absolute Gasteiger partial charge is 0.380 e. The van der Waals surface area contributed by atoms with E-state index in [0.29, 0.717) is 5.69 Å². The molecule has 0 bridgehead atoms. The van der Waals surface area contributed by atoms with Crippen LogP contribution in [0, 0.1) is 16.2 Å². The summed E-state index contributed by atoms with van der Waals surface area (Å²) in [5, 5.41) is 11.5. The zero-order valence-electron chi connectivity index (χ0n) is 16.7. The van der Waals surface area contributed by atoms with E-state index in [1.165, 1.54) is 0 Å². The highest BCUT2D eigenvalue weighted by molar-refractivity contribution is 5.96. The Labute approximate surface area is 174 Å². The SMILES string of the molecule is NC(N=O)C(C(=O)Nc1cnccc1N1CCCC2(COC2)C1)C1NCC(F)CN1. The molecule has 1 aromatic heterocycles. The van der Waals surface area contributed by atoms with Crippen molar-refractivity contribution in [1.29, 1.82) is 0 Å². The molecule has 3 saturated heterocycles. The average Bonchev–Trinajstić information content (AvgIpc) is 2.74. The molecule has 11 heteroatoms. The normalized spacial score (nSPS) is 27.7. The van der Waals surface area contributed by atoms with Crippen LogP contribution in [0.3, 0.4) is 0 Å². The Morgan fingerprint density at radius 2 is 2.20 bits per heavy atom. The molecule has 3 aliphatic heterocycles. The fourth-order valence-electron chi connectivity index (χ4n) is 4.49. The van der Waals surface area contributed by atoms with Gasteiger partial charge in [0.05, 0.1) is 37.0 Å². The quantitative estimate of drug-likeness (QED) is 0.478. The molecule has 0 aromatic carbocycles. The van der Waals surface area contributed by atoms with Crippen LogP contribution in [-0.4, -0.2) is 68.8 Å². The first-order valence-electron chi connectivity index (χ1n) is 10.3. The van der Waals surface area contributed by atoms with Gasteiger partial charge in [-0.05, 0) is 18.9 Å². The highest BCUT2D eigenvalue weighted by Gasteiger charge is 2.43. The Hall–Kier alpha value is -2.21. The molecular weight excluding hydrogens is 393 g/mol. The third-order valence-electron chi connectivity index (χ3n) is 6.14. The molecule has 5 N–H and O–H groups in total. The van der Waals surface area contributed by atoms with Crippen LogP contribution < -0.4 is 26.6 Å². The molecule has 1 spiro atoms. The molecule has 4 heterocycles. The smallest absolute Gasteiger partial charge is 0.234 e. The Morgan fingerprint density at radius 1 is 1.43 bits per heavy atom. The van der Waals surface area contributed by atoms with Crippen molar-refractivity contribution in [2.75, 3.05) is 49.6 Å². The summed E-state index contributed by atoms with van der Waals surface area (Å²) in [6.07, 6.45) is 2.44. The summed E-state index contributed by atoms with van der Waals surface area (Å²) in [5.74, 6) is -1.48. The second-order valence-corrected chi connectivity index (χ2v) is 8.41. The van der Waals surface area contributed by atoms with Gasteiger partial charge in [0.25, 0.3) is 0 Å². The van der Waals surface area contributed by atoms with Crippen molar-refractivity contribution in [3.8, 4) is 0 Å². The Balaban J connectivity index is 1.51. The number of hydrogen-bond donors (Lipinski definition) is 4. The van der Waals surface area contributed by atoms with Gasteiger partial charge >= 0.3 is 0 Å². The molecule has 4 rings (SSSR count). The molecule has 0 saturated carbocycles. The van der Waals surface area contributed by atoms with Gasteiger partial charge in [-0.15, -0.1) is 4.91 Å². The van der Waals surface area contributed by atoms with Crippen molar-refractivity contribution in [3.63, 3.8) is 0 Å². The standard InChI is InChI=1S/C19H28FN7O3/c20-12-6-23-17(24-7-12)15(16(21)26-29)18(28)25-13-8-22-4-2-14(13)27-5-1-3-19(9-27)10-30-11-19/h2,4,8,12,15-17,23-24H,1,3,5-7,9-11,21H2,(H,25,28). The molecule has 2 unspecified atom stereocenters. The summed E-state index contributed by atoms with van der Waals surface area (Å²) in [5.41, 5.74) is 7.41. The molecular formula is C19H28FN7O3. The first kappa shape index (κ1) is 21.0. The van der Waals surface area contributed by atoms with Crippen LogP contribution in [0.25, 0.3) is 0 Å². The van der Waals surface area contributed by atoms with Crippen molar-refractivity contribution < 1.29 is 13.9 Å². The second-order valence-electron chi connectivity index (χ2n) is 8.41. The number of carbonyl (C=O) groups is 1. The van der Waals surface area contributed by atoms with E-state index in [0.717, 1.165) is 44.8 Å². The van der Waals surface area contributed by atoms with E-state index in [-0.39, 0.29) is 18.5 Å². The number of alkyl halides is 1. The minimum atomic E-state index is -1.28. The molecule has 1 aromatic rings. The number of rotatable bonds is 6. The summed E-state index contributed by atoms with van der Waals surface area (Å²) in [6.45, 7) is 3.38. The Morgan fingerprint density at radius 3 is 2.87 bits per heavy atom. The maximum atomic E-state index is 13.4. The van der Waals surface area contributed by atoms with Crippen molar-refractivity contribution in [1.82, 2.24) is 15.6 Å². The molecule has 3 aliphatic rings. The number of nitroso groups, excluding NO2 is 1. The van der Waals surface area contributed by atoms with Crippen LogP contribution in [0.5, 0.6) is 0 Å². The number of carbonyl (C=O) groups excluding carboxylic acids is 1. The van der Waals surface area contributed by atoms with E-state index >= 15 is 0 Å². The second kappa shape index (κ2) is 8.88. The van der Waals surface area contributed by atoms with Crippen LogP contribution in [0.1, 0.15) is 12.8 Å². The number of aromatic nitrogens is 1. The molecule has 0 radical (unpaired) electrons. The highest BCUT2D eigenvalue weighted by atomic mass is 19.1. The first-order chi connectivity index (χ1) is 14.5. The zero-order valence-corrected chi connectivity index (χ0v) is 16.7. The van der Waals surface area contributed by atoms with Gasteiger partial charge in [0.2, 0.25) is 5.91 Å². The Kier molecular flexibility index (Phi) is 6.23. The van der Waals surface area contributed by atoms with Gasteiger partial charge in [0.1, 0.15) is 12.1 Å². The van der Waals surface area contributed by atoms with E-state index in [9.17, 15) is 14.1 Å². The number of ether oxygens (including phenoxy) is 1. The maximum absolute atomic E-state index is 13.4. The lowest BCUT2D eigenvalue weighted by atomic mass is 9.78. The maximum Gasteiger partial charge on any atom is 0.234 e. The van der Waals surface area contributed by atoms with Gasteiger partial charge in [-0.1, -0.05) is 5.18 Å². The number of amides is 1. The number of anilines is 2. The fraction of sp³-hybridized carbons (Fsp3) is 0.684. The minimum absolute atomic E-state index is 0.0725. The number of halogens is 1. The van der Waals surface area contributed by atoms with E-state index in [2.05, 4.69) is 31.0 Å². The molecule has 164 valence electrons. The van der Waals surface area contributed by atoms with Crippen LogP contribution in [-0.2, 0) is 9.53 Å². The van der Waals surface area contributed by atoms with Gasteiger partial charge in [-0.3, -0.25) is 20.4 Å². The van der Waals surface area contributed by atoms with E-state index < -0.39 is 30.3 Å². The van der Waals surface area contributed by atoms with Crippen LogP contribution in [0.15, 0.2) is 23.6 Å². The van der Waals surface area contributed by atoms with Crippen LogP contribution in [0.2, 0.25) is 0 Å². The first-order valence-corrected chi connectivity index (χ1v) is 10.3. The topological polar surface area (TPSA) is 134 Å². The lowest BCUT2D eigenvalue weighted by Gasteiger charge is -2.49. The number of hydrogen-bond acceptors (Lipinski definition) is 9. The van der Waals surface area contributed by atoms with E-state index in [1.54, 1.807) is 12.4 Å². The van der Waals surface area contributed by atoms with Crippen LogP contribution >= 0.6 is 0 Å². The molecule has 3 fully saturated rings. The predicted molar refractivity (Wildman–Crippen MR) is 110 cm³/mol. The van der Waals surface area contributed by atoms with Crippen molar-refractivity contribution in [3.05, 3.63) is 23.4 Å². The predicted octanol–water partition coefficient (Wildman–Crippen LogP) is 0.161. The number of nitrogens with zero attached hydrogens (tertiary/aromatic N) is 3. The molecule has 2 atom stereocenters. The lowest BCUT2D eigenvalue weighted by molar-refractivity contribution is -0.122. The van der Waals surface area contributed by atoms with Gasteiger partial charge < -0.3 is 20.7 Å². The summed E-state index contributed by atoms with van der Waals surface area (Å²) >= 11 is 0. The van der Waals surface area contributed by atoms with Gasteiger partial charge in [0.15, 0.2) is 6.17 Å². The third kappa shape index (κ3) is 4.29. The lowest BCUT2D eigenvalue weighted by Crippen LogP contribution is -2.62. The Bertz CT molecular complexity index is 770. The van der Waals surface area contributed by atoms with E-state index in [1.807, 2.05) is 6.07 Å². The van der Waals surface area contributed by atoms with Crippen molar-refractivity contribution >= 4 is 17.3 Å². The summed E-state index contributed by atoms with van der Waals surface area (Å²) in [7, 11) is 0. The highest BCUT2D eigenvalue weighted by Crippen LogP contribution is 2.40. The fourth-order valence-corrected chi connectivity index (χ4v) is 4.49. The summed E-state index contributed by atoms with van der Waals surface area (Å²) in [6, 6.07) is 1.87. The van der Waals surface area contributed by atoms with Crippen LogP contribution in [0.4, 0.5) is 15.8 Å². The number of piperidine rings is 1. The van der Waals surface area contributed by atoms with Crippen molar-refractivity contribution in [2.24, 2.45) is 22.2 Å². The van der Waals surface area contributed by atoms with Gasteiger partial charge in [-0.2, -0.15) is 0 Å². The summed E-state index contributed by atoms with van der Waals surface area (Å²) < 4.78 is 18.9. The number of nitrogens with one attached hydrogen (secondary N) is 3.